The van der Waals surface area contributed by atoms with Crippen molar-refractivity contribution in [2.75, 3.05) is 0 Å². The highest BCUT2D eigenvalue weighted by Crippen LogP contribution is 2.33. The van der Waals surface area contributed by atoms with Crippen LogP contribution in [0.5, 0.6) is 5.75 Å². The third kappa shape index (κ3) is 5.65. The molecule has 0 saturated carbocycles. The number of nitrogens with zero attached hydrogens (tertiary/aromatic N) is 3. The first-order chi connectivity index (χ1) is 16.3. The van der Waals surface area contributed by atoms with Gasteiger partial charge < -0.3 is 4.74 Å². The lowest BCUT2D eigenvalue weighted by Gasteiger charge is -2.13. The standard InChI is InChI=1S/C24H16Br4ClN3O2/c1-2-22-31-21-6-5-15(25)8-18(21)24(33)32(22)30-11-14-7-17(29)10-20(28)23(14)34-12-13-3-4-16(26)9-19(13)27/h3-11H,2,12H2,1H3. The maximum Gasteiger partial charge on any atom is 0.282 e. The Morgan fingerprint density at radius 1 is 1.03 bits per heavy atom. The minimum Gasteiger partial charge on any atom is -0.487 e. The molecule has 4 rings (SSSR count). The molecule has 0 N–H and O–H groups in total. The minimum absolute atomic E-state index is 0.248. The molecule has 5 nitrogen and oxygen atoms in total. The Bertz CT molecular complexity index is 1490. The summed E-state index contributed by atoms with van der Waals surface area (Å²) in [6.07, 6.45) is 2.10. The smallest absolute Gasteiger partial charge is 0.282 e. The number of aryl methyl sites for hydroxylation is 1. The van der Waals surface area contributed by atoms with Gasteiger partial charge >= 0.3 is 0 Å². The monoisotopic (exact) mass is 729 g/mol. The second-order valence-electron chi connectivity index (χ2n) is 7.23. The molecule has 0 aliphatic rings. The Balaban J connectivity index is 1.74. The van der Waals surface area contributed by atoms with Crippen LogP contribution in [0.3, 0.4) is 0 Å². The van der Waals surface area contributed by atoms with Crippen LogP contribution in [0.1, 0.15) is 23.9 Å². The number of benzene rings is 3. The van der Waals surface area contributed by atoms with E-state index in [1.165, 1.54) is 4.68 Å². The average molecular weight is 733 g/mol. The minimum atomic E-state index is -0.248. The summed E-state index contributed by atoms with van der Waals surface area (Å²) in [7, 11) is 0. The largest absolute Gasteiger partial charge is 0.487 e. The highest BCUT2D eigenvalue weighted by molar-refractivity contribution is 9.11. The highest BCUT2D eigenvalue weighted by atomic mass is 79.9. The van der Waals surface area contributed by atoms with Crippen molar-refractivity contribution >= 4 is 92.4 Å². The molecule has 0 aliphatic carbocycles. The van der Waals surface area contributed by atoms with E-state index >= 15 is 0 Å². The maximum atomic E-state index is 13.2. The quantitative estimate of drug-likeness (QED) is 0.188. The van der Waals surface area contributed by atoms with Crippen LogP contribution in [0.2, 0.25) is 5.02 Å². The molecule has 0 amide bonds. The lowest BCUT2D eigenvalue weighted by Crippen LogP contribution is -2.22. The predicted octanol–water partition coefficient (Wildman–Crippen LogP) is 8.12. The van der Waals surface area contributed by atoms with E-state index in [9.17, 15) is 4.79 Å². The molecule has 1 heterocycles. The Labute approximate surface area is 234 Å². The van der Waals surface area contributed by atoms with Gasteiger partial charge in [-0.2, -0.15) is 9.78 Å². The van der Waals surface area contributed by atoms with Gasteiger partial charge in [0.2, 0.25) is 0 Å². The summed E-state index contributed by atoms with van der Waals surface area (Å²) in [5.41, 5.74) is 1.98. The Hall–Kier alpha value is -1.52. The number of halogens is 5. The zero-order valence-corrected chi connectivity index (χ0v) is 24.8. The van der Waals surface area contributed by atoms with Crippen molar-refractivity contribution in [1.29, 1.82) is 0 Å². The number of hydrogen-bond donors (Lipinski definition) is 0. The van der Waals surface area contributed by atoms with Gasteiger partial charge in [-0.3, -0.25) is 4.79 Å². The third-order valence-electron chi connectivity index (χ3n) is 4.93. The van der Waals surface area contributed by atoms with Gasteiger partial charge in [-0.1, -0.05) is 72.4 Å². The summed E-state index contributed by atoms with van der Waals surface area (Å²) in [6, 6.07) is 14.8. The first-order valence-electron chi connectivity index (χ1n) is 10.1. The fourth-order valence-electron chi connectivity index (χ4n) is 3.28. The van der Waals surface area contributed by atoms with Crippen LogP contribution in [0.4, 0.5) is 0 Å². The molecule has 4 aromatic rings. The summed E-state index contributed by atoms with van der Waals surface area (Å²) in [6.45, 7) is 2.25. The van der Waals surface area contributed by atoms with Crippen LogP contribution in [0.25, 0.3) is 10.9 Å². The van der Waals surface area contributed by atoms with Crippen molar-refractivity contribution in [1.82, 2.24) is 9.66 Å². The lowest BCUT2D eigenvalue weighted by atomic mass is 10.2. The molecule has 0 bridgehead atoms. The summed E-state index contributed by atoms with van der Waals surface area (Å²) in [5.74, 6) is 1.11. The van der Waals surface area contributed by atoms with Crippen LogP contribution in [-0.2, 0) is 13.0 Å². The van der Waals surface area contributed by atoms with E-state index in [2.05, 4.69) is 73.8 Å². The molecular weight excluding hydrogens is 717 g/mol. The van der Waals surface area contributed by atoms with Gasteiger partial charge in [0.05, 0.1) is 21.6 Å². The van der Waals surface area contributed by atoms with Crippen LogP contribution in [0, 0.1) is 0 Å². The van der Waals surface area contributed by atoms with Gasteiger partial charge in [-0.25, -0.2) is 4.98 Å². The SMILES string of the molecule is CCc1nc2ccc(Br)cc2c(=O)n1N=Cc1cc(Cl)cc(Br)c1OCc1ccc(Br)cc1Br. The summed E-state index contributed by atoms with van der Waals surface area (Å²) in [4.78, 5) is 17.8. The maximum absolute atomic E-state index is 13.2. The Morgan fingerprint density at radius 3 is 2.50 bits per heavy atom. The zero-order chi connectivity index (χ0) is 24.4. The van der Waals surface area contributed by atoms with Crippen LogP contribution < -0.4 is 10.3 Å². The molecule has 1 aromatic heterocycles. The van der Waals surface area contributed by atoms with Crippen LogP contribution in [0.15, 0.2) is 76.3 Å². The molecule has 0 spiro atoms. The van der Waals surface area contributed by atoms with E-state index in [1.54, 1.807) is 24.4 Å². The Morgan fingerprint density at radius 2 is 1.76 bits per heavy atom. The van der Waals surface area contributed by atoms with E-state index in [0.717, 1.165) is 19.0 Å². The number of hydrogen-bond acceptors (Lipinski definition) is 4. The number of fused-ring (bicyclic) bond motifs is 1. The van der Waals surface area contributed by atoms with Crippen molar-refractivity contribution in [3.05, 3.63) is 98.7 Å². The molecule has 34 heavy (non-hydrogen) atoms. The van der Waals surface area contributed by atoms with Gasteiger partial charge in [0.15, 0.2) is 0 Å². The second-order valence-corrected chi connectivity index (χ2v) is 11.2. The fourth-order valence-corrected chi connectivity index (χ4v) is 5.75. The summed E-state index contributed by atoms with van der Waals surface area (Å²) >= 11 is 20.3. The molecule has 0 fully saturated rings. The van der Waals surface area contributed by atoms with Crippen molar-refractivity contribution < 1.29 is 4.74 Å². The van der Waals surface area contributed by atoms with Gasteiger partial charge in [-0.05, 0) is 58.4 Å². The molecule has 3 aromatic carbocycles. The molecule has 0 atom stereocenters. The van der Waals surface area contributed by atoms with Gasteiger partial charge in [-0.15, -0.1) is 0 Å². The van der Waals surface area contributed by atoms with Crippen molar-refractivity contribution in [2.45, 2.75) is 20.0 Å². The summed E-state index contributed by atoms with van der Waals surface area (Å²) in [5, 5.41) is 5.47. The van der Waals surface area contributed by atoms with Crippen molar-refractivity contribution in [2.24, 2.45) is 5.10 Å². The van der Waals surface area contributed by atoms with E-state index < -0.39 is 0 Å². The zero-order valence-electron chi connectivity index (χ0n) is 17.7. The normalized spacial score (nSPS) is 11.5. The highest BCUT2D eigenvalue weighted by Gasteiger charge is 2.13. The topological polar surface area (TPSA) is 56.5 Å². The predicted molar refractivity (Wildman–Crippen MR) is 151 cm³/mol. The van der Waals surface area contributed by atoms with E-state index in [4.69, 9.17) is 16.3 Å². The average Bonchev–Trinajstić information content (AvgIpc) is 2.79. The molecule has 0 unspecified atom stereocenters. The molecule has 0 radical (unpaired) electrons. The molecule has 0 aliphatic heterocycles. The van der Waals surface area contributed by atoms with Crippen molar-refractivity contribution in [3.8, 4) is 5.75 Å². The fraction of sp³-hybridized carbons (Fsp3) is 0.125. The first kappa shape index (κ1) is 25.6. The number of ether oxygens (including phenoxy) is 1. The van der Waals surface area contributed by atoms with E-state index in [1.807, 2.05) is 37.3 Å². The molecular formula is C24H16Br4ClN3O2. The molecule has 174 valence electrons. The van der Waals surface area contributed by atoms with Gasteiger partial charge in [0.1, 0.15) is 18.2 Å². The lowest BCUT2D eigenvalue weighted by molar-refractivity contribution is 0.303. The molecule has 10 heteroatoms. The van der Waals surface area contributed by atoms with Gasteiger partial charge in [0, 0.05) is 36.0 Å². The number of aromatic nitrogens is 2. The third-order valence-corrected chi connectivity index (χ3v) is 7.46. The van der Waals surface area contributed by atoms with E-state index in [0.29, 0.717) is 50.6 Å². The van der Waals surface area contributed by atoms with Gasteiger partial charge in [0.25, 0.3) is 5.56 Å². The van der Waals surface area contributed by atoms with E-state index in [-0.39, 0.29) is 5.56 Å². The Kier molecular flexibility index (Phi) is 8.30. The number of rotatable bonds is 6. The van der Waals surface area contributed by atoms with Crippen LogP contribution in [-0.4, -0.2) is 15.9 Å². The summed E-state index contributed by atoms with van der Waals surface area (Å²) < 4.78 is 10.8. The molecule has 0 saturated heterocycles. The van der Waals surface area contributed by atoms with Crippen molar-refractivity contribution in [3.63, 3.8) is 0 Å². The second kappa shape index (κ2) is 11.0. The van der Waals surface area contributed by atoms with Crippen LogP contribution >= 0.6 is 75.3 Å². The first-order valence-corrected chi connectivity index (χ1v) is 13.6.